The van der Waals surface area contributed by atoms with Crippen molar-refractivity contribution in [2.75, 3.05) is 11.9 Å². The van der Waals surface area contributed by atoms with Crippen LogP contribution in [-0.2, 0) is 16.5 Å². The molecular formula is C27H22Cl2N3NaO6S. The van der Waals surface area contributed by atoms with Gasteiger partial charge < -0.3 is 15.2 Å². The Bertz CT molecular complexity index is 1730. The average molecular weight is 610 g/mol. The fourth-order valence-electron chi connectivity index (χ4n) is 4.03. The van der Waals surface area contributed by atoms with Crippen molar-refractivity contribution in [2.45, 2.75) is 25.2 Å². The van der Waals surface area contributed by atoms with E-state index in [4.69, 9.17) is 27.9 Å². The van der Waals surface area contributed by atoms with E-state index in [1.54, 1.807) is 56.3 Å². The number of halogens is 2. The van der Waals surface area contributed by atoms with Gasteiger partial charge in [-0.25, -0.2) is 0 Å². The molecule has 13 heteroatoms. The van der Waals surface area contributed by atoms with Gasteiger partial charge in [0.1, 0.15) is 21.4 Å². The molecule has 0 saturated carbocycles. The monoisotopic (exact) mass is 609 g/mol. The average Bonchev–Trinajstić information content (AvgIpc) is 2.90. The maximum Gasteiger partial charge on any atom is 1.00 e. The minimum Gasteiger partial charge on any atom is -0.870 e. The second-order valence-electron chi connectivity index (χ2n) is 8.23. The van der Waals surface area contributed by atoms with Crippen LogP contribution in [0.25, 0.3) is 10.8 Å². The van der Waals surface area contributed by atoms with Crippen molar-refractivity contribution in [1.29, 1.82) is 0 Å². The summed E-state index contributed by atoms with van der Waals surface area (Å²) in [6.45, 7) is 3.83. The van der Waals surface area contributed by atoms with Gasteiger partial charge in [-0.1, -0.05) is 66.2 Å². The Morgan fingerprint density at radius 2 is 1.77 bits per heavy atom. The second-order valence-corrected chi connectivity index (χ2v) is 10.4. The van der Waals surface area contributed by atoms with E-state index in [0.29, 0.717) is 23.1 Å². The number of hydrogen-bond donors (Lipinski definition) is 2. The number of hydrogen-bond acceptors (Lipinski definition) is 7. The molecule has 4 rings (SSSR count). The molecular weight excluding hydrogens is 588 g/mol. The Kier molecular flexibility index (Phi) is 10.6. The summed E-state index contributed by atoms with van der Waals surface area (Å²) in [7, 11) is -4.73. The third kappa shape index (κ3) is 6.60. The van der Waals surface area contributed by atoms with Gasteiger partial charge in [0.25, 0.3) is 16.0 Å². The Labute approximate surface area is 263 Å². The first-order valence-electron chi connectivity index (χ1n) is 11.7. The van der Waals surface area contributed by atoms with Crippen molar-refractivity contribution in [1.82, 2.24) is 0 Å². The van der Waals surface area contributed by atoms with Crippen LogP contribution in [0.2, 0.25) is 10.0 Å². The number of fused-ring (bicyclic) bond motifs is 1. The SMILES string of the molecule is CCOc1cccc(NC(=O)c2cc3ccccc3c(N=Nc3ccc(Cl)c(CC)c3S(=O)(=O)O)c2[O-])c1Cl.[Na+]. The minimum absolute atomic E-state index is 0. The number of carbonyl (C=O) groups is 1. The van der Waals surface area contributed by atoms with E-state index in [1.807, 2.05) is 0 Å². The first kappa shape index (κ1) is 31.8. The van der Waals surface area contributed by atoms with E-state index in [0.717, 1.165) is 0 Å². The number of carbonyl (C=O) groups excluding carboxylic acids is 1. The van der Waals surface area contributed by atoms with Gasteiger partial charge in [-0.15, -0.1) is 5.11 Å². The number of nitrogens with zero attached hydrogens (tertiary/aromatic N) is 2. The minimum atomic E-state index is -4.73. The van der Waals surface area contributed by atoms with E-state index in [9.17, 15) is 22.9 Å². The van der Waals surface area contributed by atoms with Crippen molar-refractivity contribution >= 4 is 67.1 Å². The Morgan fingerprint density at radius 3 is 2.45 bits per heavy atom. The molecule has 0 heterocycles. The van der Waals surface area contributed by atoms with Crippen LogP contribution in [0, 0.1) is 0 Å². The molecule has 0 spiro atoms. The summed E-state index contributed by atoms with van der Waals surface area (Å²) in [5.74, 6) is -1.11. The molecule has 0 saturated heterocycles. The van der Waals surface area contributed by atoms with Crippen LogP contribution < -0.4 is 44.7 Å². The van der Waals surface area contributed by atoms with Crippen LogP contribution >= 0.6 is 23.2 Å². The van der Waals surface area contributed by atoms with Gasteiger partial charge in [0.15, 0.2) is 0 Å². The van der Waals surface area contributed by atoms with E-state index in [2.05, 4.69) is 15.5 Å². The van der Waals surface area contributed by atoms with Crippen molar-refractivity contribution < 1.29 is 57.2 Å². The van der Waals surface area contributed by atoms with Crippen LogP contribution in [-0.4, -0.2) is 25.5 Å². The van der Waals surface area contributed by atoms with Crippen molar-refractivity contribution in [2.24, 2.45) is 10.2 Å². The third-order valence-corrected chi connectivity index (χ3v) is 7.50. The molecule has 1 amide bonds. The van der Waals surface area contributed by atoms with Crippen LogP contribution in [0.4, 0.5) is 17.1 Å². The van der Waals surface area contributed by atoms with Crippen LogP contribution in [0.5, 0.6) is 11.5 Å². The molecule has 0 unspecified atom stereocenters. The molecule has 9 nitrogen and oxygen atoms in total. The van der Waals surface area contributed by atoms with E-state index in [-0.39, 0.29) is 74.2 Å². The molecule has 4 aromatic rings. The number of benzene rings is 4. The molecule has 0 aliphatic rings. The maximum atomic E-state index is 13.5. The predicted molar refractivity (Wildman–Crippen MR) is 149 cm³/mol. The Hall–Kier alpha value is -2.70. The standard InChI is InChI=1S/C27H23Cl2N3O6S.Na/c1-3-16-19(28)12-13-21(26(16)39(35,36)37)31-32-24-17-9-6-5-8-15(17)14-18(25(24)33)27(34)30-20-10-7-11-22(23(20)29)38-4-2;/h5-14,33H,3-4H2,1-2H3,(H,30,34)(H,35,36,37);/q;+1/p-1. The van der Waals surface area contributed by atoms with E-state index < -0.39 is 26.7 Å². The smallest absolute Gasteiger partial charge is 0.870 e. The molecule has 0 aliphatic carbocycles. The van der Waals surface area contributed by atoms with Gasteiger partial charge in [-0.2, -0.15) is 13.5 Å². The first-order chi connectivity index (χ1) is 18.6. The van der Waals surface area contributed by atoms with Gasteiger partial charge in [0, 0.05) is 16.0 Å². The van der Waals surface area contributed by atoms with Gasteiger partial charge in [-0.05, 0) is 54.6 Å². The Balaban J connectivity index is 0.00000441. The fourth-order valence-corrected chi connectivity index (χ4v) is 5.55. The van der Waals surface area contributed by atoms with Crippen molar-refractivity contribution in [3.8, 4) is 11.5 Å². The van der Waals surface area contributed by atoms with Crippen LogP contribution in [0.3, 0.4) is 0 Å². The zero-order valence-corrected chi connectivity index (χ0v) is 26.1. The maximum absolute atomic E-state index is 13.5. The van der Waals surface area contributed by atoms with Crippen molar-refractivity contribution in [3.63, 3.8) is 0 Å². The van der Waals surface area contributed by atoms with E-state index >= 15 is 0 Å². The summed E-state index contributed by atoms with van der Waals surface area (Å²) in [6, 6.07) is 15.7. The van der Waals surface area contributed by atoms with Crippen molar-refractivity contribution in [3.05, 3.63) is 81.8 Å². The number of nitrogens with one attached hydrogen (secondary N) is 1. The largest absolute Gasteiger partial charge is 1.00 e. The molecule has 202 valence electrons. The molecule has 40 heavy (non-hydrogen) atoms. The number of amides is 1. The zero-order valence-electron chi connectivity index (χ0n) is 21.7. The zero-order chi connectivity index (χ0) is 28.3. The normalized spacial score (nSPS) is 11.4. The molecule has 4 aromatic carbocycles. The number of azo groups is 1. The number of ether oxygens (including phenoxy) is 1. The summed E-state index contributed by atoms with van der Waals surface area (Å²) in [5.41, 5.74) is -0.240. The summed E-state index contributed by atoms with van der Waals surface area (Å²) in [6.07, 6.45) is 0.190. The fraction of sp³-hybridized carbons (Fsp3) is 0.148. The summed E-state index contributed by atoms with van der Waals surface area (Å²) in [5, 5.41) is 25.4. The second kappa shape index (κ2) is 13.3. The third-order valence-electron chi connectivity index (χ3n) is 5.78. The number of rotatable bonds is 8. The molecule has 0 fully saturated rings. The topological polar surface area (TPSA) is 140 Å². The molecule has 0 atom stereocenters. The van der Waals surface area contributed by atoms with Gasteiger partial charge in [-0.3, -0.25) is 9.35 Å². The van der Waals surface area contributed by atoms with Gasteiger partial charge in [0.2, 0.25) is 0 Å². The van der Waals surface area contributed by atoms with Gasteiger partial charge in [0.05, 0.1) is 18.0 Å². The van der Waals surface area contributed by atoms with Crippen LogP contribution in [0.1, 0.15) is 29.8 Å². The molecule has 2 N–H and O–H groups in total. The molecule has 0 bridgehead atoms. The van der Waals surface area contributed by atoms with Crippen LogP contribution in [0.15, 0.2) is 75.8 Å². The number of anilines is 1. The quantitative estimate of drug-likeness (QED) is 0.175. The summed E-state index contributed by atoms with van der Waals surface area (Å²) in [4.78, 5) is 12.7. The summed E-state index contributed by atoms with van der Waals surface area (Å²) >= 11 is 12.5. The first-order valence-corrected chi connectivity index (χ1v) is 13.9. The van der Waals surface area contributed by atoms with Gasteiger partial charge >= 0.3 is 29.6 Å². The Morgan fingerprint density at radius 1 is 1.05 bits per heavy atom. The summed E-state index contributed by atoms with van der Waals surface area (Å²) < 4.78 is 39.6. The molecule has 0 radical (unpaired) electrons. The van der Waals surface area contributed by atoms with E-state index in [1.165, 1.54) is 18.2 Å². The predicted octanol–water partition coefficient (Wildman–Crippen LogP) is 4.10. The molecule has 0 aliphatic heterocycles. The molecule has 0 aromatic heterocycles.